The minimum absolute atomic E-state index is 0.195. The lowest BCUT2D eigenvalue weighted by molar-refractivity contribution is -0.119. The number of rotatable bonds is 5. The molecule has 1 aliphatic heterocycles. The number of ether oxygens (including phenoxy) is 1. The topological polar surface area (TPSA) is 122 Å². The van der Waals surface area contributed by atoms with Crippen molar-refractivity contribution in [1.29, 1.82) is 0 Å². The van der Waals surface area contributed by atoms with Gasteiger partial charge in [-0.3, -0.25) is 14.9 Å². The lowest BCUT2D eigenvalue weighted by Crippen LogP contribution is -2.43. The van der Waals surface area contributed by atoms with E-state index in [4.69, 9.17) is 0 Å². The molecule has 1 aliphatic carbocycles. The number of hydrogen-bond donors (Lipinski definition) is 2. The van der Waals surface area contributed by atoms with Gasteiger partial charge in [-0.2, -0.15) is 4.31 Å². The van der Waals surface area contributed by atoms with Gasteiger partial charge in [0, 0.05) is 11.4 Å². The Kier molecular flexibility index (Phi) is 6.89. The summed E-state index contributed by atoms with van der Waals surface area (Å²) in [6, 6.07) is 2.31. The molecule has 0 aromatic carbocycles. The van der Waals surface area contributed by atoms with E-state index in [1.54, 1.807) is 11.4 Å². The summed E-state index contributed by atoms with van der Waals surface area (Å²) in [6.45, 7) is 2.38. The predicted molar refractivity (Wildman–Crippen MR) is 125 cm³/mol. The molecule has 1 fully saturated rings. The Morgan fingerprint density at radius 2 is 2.03 bits per heavy atom. The summed E-state index contributed by atoms with van der Waals surface area (Å²) in [5.74, 6) is -0.678. The SMILES string of the molecule is COC(=O)NC(=O)c1c(NC(=O)C2CCCN2S(=O)(=O)c2cccs2)sc2c1CCC(C)C2. The van der Waals surface area contributed by atoms with Crippen LogP contribution in [0.15, 0.2) is 21.7 Å². The van der Waals surface area contributed by atoms with E-state index in [2.05, 4.69) is 22.3 Å². The highest BCUT2D eigenvalue weighted by Gasteiger charge is 2.40. The number of amides is 3. The number of methoxy groups -OCH3 is 1. The van der Waals surface area contributed by atoms with Crippen LogP contribution in [0, 0.1) is 5.92 Å². The lowest BCUT2D eigenvalue weighted by Gasteiger charge is -2.22. The molecular formula is C21H25N3O6S3. The number of anilines is 1. The molecule has 2 unspecified atom stereocenters. The van der Waals surface area contributed by atoms with E-state index in [1.165, 1.54) is 28.8 Å². The number of carbonyl (C=O) groups excluding carboxylic acids is 3. The van der Waals surface area contributed by atoms with Crippen LogP contribution in [0.5, 0.6) is 0 Å². The van der Waals surface area contributed by atoms with Gasteiger partial charge in [-0.15, -0.1) is 22.7 Å². The minimum atomic E-state index is -3.78. The second-order valence-corrected chi connectivity index (χ2v) is 12.4. The smallest absolute Gasteiger partial charge is 0.413 e. The van der Waals surface area contributed by atoms with Gasteiger partial charge in [0.05, 0.1) is 12.7 Å². The van der Waals surface area contributed by atoms with Crippen LogP contribution in [0.1, 0.15) is 47.0 Å². The summed E-state index contributed by atoms with van der Waals surface area (Å²) in [5, 5.41) is 7.00. The van der Waals surface area contributed by atoms with Crippen molar-refractivity contribution >= 4 is 55.6 Å². The molecule has 2 aliphatic rings. The summed E-state index contributed by atoms with van der Waals surface area (Å²) in [4.78, 5) is 38.7. The molecule has 0 saturated carbocycles. The number of hydrogen-bond acceptors (Lipinski definition) is 8. The number of alkyl carbamates (subject to hydrolysis) is 1. The van der Waals surface area contributed by atoms with Crippen molar-refractivity contribution in [2.45, 2.75) is 49.3 Å². The van der Waals surface area contributed by atoms with Crippen molar-refractivity contribution < 1.29 is 27.5 Å². The van der Waals surface area contributed by atoms with Crippen molar-refractivity contribution in [2.24, 2.45) is 5.92 Å². The quantitative estimate of drug-likeness (QED) is 0.636. The zero-order valence-electron chi connectivity index (χ0n) is 18.3. The van der Waals surface area contributed by atoms with E-state index in [-0.39, 0.29) is 16.3 Å². The largest absolute Gasteiger partial charge is 0.453 e. The fraction of sp³-hybridized carbons (Fsp3) is 0.476. The second-order valence-electron chi connectivity index (χ2n) is 8.20. The third kappa shape index (κ3) is 4.70. The second kappa shape index (κ2) is 9.53. The average Bonchev–Trinajstić information content (AvgIpc) is 3.52. The fourth-order valence-corrected chi connectivity index (χ4v) is 8.48. The number of nitrogens with zero attached hydrogens (tertiary/aromatic N) is 1. The lowest BCUT2D eigenvalue weighted by atomic mass is 9.88. The molecule has 33 heavy (non-hydrogen) atoms. The first-order chi connectivity index (χ1) is 15.7. The summed E-state index contributed by atoms with van der Waals surface area (Å²) in [6.07, 6.45) is 2.40. The number of thiophene rings is 2. The highest BCUT2D eigenvalue weighted by molar-refractivity contribution is 7.91. The number of imide groups is 1. The van der Waals surface area contributed by atoms with Crippen LogP contribution < -0.4 is 10.6 Å². The Balaban J connectivity index is 1.62. The van der Waals surface area contributed by atoms with Gasteiger partial charge in [-0.25, -0.2) is 13.2 Å². The molecule has 2 atom stereocenters. The molecule has 4 rings (SSSR count). The van der Waals surface area contributed by atoms with Crippen LogP contribution in [0.4, 0.5) is 9.80 Å². The average molecular weight is 512 g/mol. The fourth-order valence-electron chi connectivity index (χ4n) is 4.30. The summed E-state index contributed by atoms with van der Waals surface area (Å²) in [5.41, 5.74) is 1.08. The Morgan fingerprint density at radius 3 is 2.73 bits per heavy atom. The van der Waals surface area contributed by atoms with Crippen LogP contribution in [-0.4, -0.2) is 50.3 Å². The van der Waals surface area contributed by atoms with E-state index in [9.17, 15) is 22.8 Å². The van der Waals surface area contributed by atoms with Gasteiger partial charge in [-0.05, 0) is 55.0 Å². The molecule has 1 saturated heterocycles. The Bertz CT molecular complexity index is 1170. The Morgan fingerprint density at radius 1 is 1.24 bits per heavy atom. The van der Waals surface area contributed by atoms with Crippen LogP contribution >= 0.6 is 22.7 Å². The zero-order chi connectivity index (χ0) is 23.8. The van der Waals surface area contributed by atoms with Crippen LogP contribution in [-0.2, 0) is 32.4 Å². The van der Waals surface area contributed by atoms with E-state index < -0.39 is 34.0 Å². The van der Waals surface area contributed by atoms with Gasteiger partial charge in [0.1, 0.15) is 15.3 Å². The van der Waals surface area contributed by atoms with Crippen molar-refractivity contribution in [3.05, 3.63) is 33.5 Å². The molecule has 0 radical (unpaired) electrons. The van der Waals surface area contributed by atoms with Gasteiger partial charge < -0.3 is 10.1 Å². The van der Waals surface area contributed by atoms with Gasteiger partial charge >= 0.3 is 6.09 Å². The summed E-state index contributed by atoms with van der Waals surface area (Å²) in [7, 11) is -2.62. The maximum atomic E-state index is 13.2. The molecule has 2 aromatic heterocycles. The third-order valence-electron chi connectivity index (χ3n) is 5.94. The van der Waals surface area contributed by atoms with Gasteiger partial charge in [-0.1, -0.05) is 13.0 Å². The number of nitrogens with one attached hydrogen (secondary N) is 2. The summed E-state index contributed by atoms with van der Waals surface area (Å²) < 4.78 is 32.0. The maximum absolute atomic E-state index is 13.2. The van der Waals surface area contributed by atoms with Crippen molar-refractivity contribution in [3.8, 4) is 0 Å². The van der Waals surface area contributed by atoms with Gasteiger partial charge in [0.25, 0.3) is 15.9 Å². The number of fused-ring (bicyclic) bond motifs is 1. The highest BCUT2D eigenvalue weighted by atomic mass is 32.2. The maximum Gasteiger partial charge on any atom is 0.413 e. The third-order valence-corrected chi connectivity index (χ3v) is 10.4. The van der Waals surface area contributed by atoms with E-state index >= 15 is 0 Å². The van der Waals surface area contributed by atoms with Crippen molar-refractivity contribution in [1.82, 2.24) is 9.62 Å². The van der Waals surface area contributed by atoms with Gasteiger partial charge in [0.15, 0.2) is 0 Å². The monoisotopic (exact) mass is 511 g/mol. The first-order valence-corrected chi connectivity index (χ1v) is 13.8. The Labute approximate surface area is 200 Å². The first-order valence-electron chi connectivity index (χ1n) is 10.6. The minimum Gasteiger partial charge on any atom is -0.453 e. The molecule has 9 nitrogen and oxygen atoms in total. The van der Waals surface area contributed by atoms with Crippen molar-refractivity contribution in [2.75, 3.05) is 19.0 Å². The zero-order valence-corrected chi connectivity index (χ0v) is 20.7. The molecular weight excluding hydrogens is 486 g/mol. The predicted octanol–water partition coefficient (Wildman–Crippen LogP) is 3.22. The molecule has 178 valence electrons. The van der Waals surface area contributed by atoms with Crippen LogP contribution in [0.3, 0.4) is 0 Å². The standard InChI is InChI=1S/C21H25N3O6S3/c1-12-7-8-13-15(11-12)32-20(17(13)19(26)23-21(27)30-2)22-18(25)14-5-3-9-24(14)33(28,29)16-6-4-10-31-16/h4,6,10,12,14H,3,5,7-9,11H2,1-2H3,(H,22,25)(H,23,26,27). The first kappa shape index (κ1) is 23.9. The Hall–Kier alpha value is -2.28. The van der Waals surface area contributed by atoms with E-state index in [0.29, 0.717) is 30.2 Å². The molecule has 0 bridgehead atoms. The van der Waals surface area contributed by atoms with Crippen molar-refractivity contribution in [3.63, 3.8) is 0 Å². The normalized spacial score (nSPS) is 20.8. The molecule has 2 aromatic rings. The molecule has 3 amide bonds. The van der Waals surface area contributed by atoms with Gasteiger partial charge in [0.2, 0.25) is 5.91 Å². The summed E-state index contributed by atoms with van der Waals surface area (Å²) >= 11 is 2.42. The van der Waals surface area contributed by atoms with E-state index in [0.717, 1.165) is 34.6 Å². The molecule has 3 heterocycles. The van der Waals surface area contributed by atoms with Crippen LogP contribution in [0.2, 0.25) is 0 Å². The molecule has 12 heteroatoms. The number of sulfonamides is 1. The van der Waals surface area contributed by atoms with E-state index in [1.807, 2.05) is 0 Å². The highest BCUT2D eigenvalue weighted by Crippen LogP contribution is 2.40. The number of carbonyl (C=O) groups is 3. The van der Waals surface area contributed by atoms with Crippen LogP contribution in [0.25, 0.3) is 0 Å². The molecule has 2 N–H and O–H groups in total. The molecule has 0 spiro atoms.